The molecule has 1 aromatic carbocycles. The van der Waals surface area contributed by atoms with Crippen LogP contribution in [0.25, 0.3) is 0 Å². The first-order valence-electron chi connectivity index (χ1n) is 11.1. The summed E-state index contributed by atoms with van der Waals surface area (Å²) in [4.78, 5) is 22.2. The van der Waals surface area contributed by atoms with Crippen LogP contribution in [0.3, 0.4) is 0 Å². The summed E-state index contributed by atoms with van der Waals surface area (Å²) in [6, 6.07) is 8.59. The predicted octanol–water partition coefficient (Wildman–Crippen LogP) is 5.45. The van der Waals surface area contributed by atoms with Gasteiger partial charge in [-0.25, -0.2) is 0 Å². The third kappa shape index (κ3) is 11.8. The van der Waals surface area contributed by atoms with E-state index >= 15 is 0 Å². The number of hydrogen-bond acceptors (Lipinski definition) is 3. The van der Waals surface area contributed by atoms with Crippen molar-refractivity contribution in [3.8, 4) is 11.8 Å². The van der Waals surface area contributed by atoms with E-state index in [9.17, 15) is 9.59 Å². The number of carboxylic acids is 2. The molecule has 0 saturated carbocycles. The van der Waals surface area contributed by atoms with Crippen LogP contribution in [0.4, 0.5) is 0 Å². The standard InChI is InChI=1S/C25H37NO4.ClH/c1-3-4-5-6-7-8-9-10-13-21-14-16-22(17-15-21)20-26-19-12-11-18-25(2,23(27)28)24(29)30;/h14-17,26H,3-10,13,18-20H2,1-2H3,(H,27,28)(H,29,30);1H. The summed E-state index contributed by atoms with van der Waals surface area (Å²) in [7, 11) is 0. The van der Waals surface area contributed by atoms with Crippen LogP contribution in [-0.2, 0) is 22.6 Å². The second-order valence-corrected chi connectivity index (χ2v) is 8.12. The van der Waals surface area contributed by atoms with Gasteiger partial charge in [0.15, 0.2) is 5.41 Å². The minimum atomic E-state index is -1.86. The molecule has 0 radical (unpaired) electrons. The first-order valence-corrected chi connectivity index (χ1v) is 11.1. The zero-order valence-electron chi connectivity index (χ0n) is 18.9. The van der Waals surface area contributed by atoms with Crippen LogP contribution < -0.4 is 5.32 Å². The lowest BCUT2D eigenvalue weighted by Crippen LogP contribution is -2.35. The Hall–Kier alpha value is -2.03. The Bertz CT molecular complexity index is 692. The topological polar surface area (TPSA) is 86.6 Å². The fourth-order valence-corrected chi connectivity index (χ4v) is 3.10. The molecule has 0 spiro atoms. The first-order chi connectivity index (χ1) is 14.4. The van der Waals surface area contributed by atoms with E-state index in [1.54, 1.807) is 0 Å². The van der Waals surface area contributed by atoms with Crippen LogP contribution in [0.2, 0.25) is 0 Å². The van der Waals surface area contributed by atoms with Gasteiger partial charge in [0.1, 0.15) is 0 Å². The molecule has 0 heterocycles. The summed E-state index contributed by atoms with van der Waals surface area (Å²) >= 11 is 0. The Morgan fingerprint density at radius 3 is 1.94 bits per heavy atom. The highest BCUT2D eigenvalue weighted by Crippen LogP contribution is 2.21. The molecule has 0 bridgehead atoms. The minimum Gasteiger partial charge on any atom is -0.480 e. The molecule has 0 unspecified atom stereocenters. The van der Waals surface area contributed by atoms with E-state index in [-0.39, 0.29) is 18.8 Å². The summed E-state index contributed by atoms with van der Waals surface area (Å²) in [5.41, 5.74) is 0.668. The SMILES string of the molecule is CCCCCCCCCCc1ccc(CNCC#CCC(C)(C(=O)O)C(=O)O)cc1.Cl. The van der Waals surface area contributed by atoms with Crippen molar-refractivity contribution in [1.29, 1.82) is 0 Å². The smallest absolute Gasteiger partial charge is 0.321 e. The molecule has 0 aromatic heterocycles. The number of hydrogen-bond donors (Lipinski definition) is 3. The molecule has 174 valence electrons. The molecule has 0 amide bonds. The van der Waals surface area contributed by atoms with Gasteiger partial charge in [0.05, 0.1) is 6.54 Å². The number of carboxylic acid groups (broad SMARTS) is 2. The zero-order chi connectivity index (χ0) is 22.2. The lowest BCUT2D eigenvalue weighted by molar-refractivity contribution is -0.162. The molecule has 1 aromatic rings. The zero-order valence-corrected chi connectivity index (χ0v) is 19.7. The number of aryl methyl sites for hydroxylation is 1. The summed E-state index contributed by atoms with van der Waals surface area (Å²) < 4.78 is 0. The third-order valence-electron chi connectivity index (χ3n) is 5.40. The second-order valence-electron chi connectivity index (χ2n) is 8.12. The van der Waals surface area contributed by atoms with Crippen LogP contribution in [0.15, 0.2) is 24.3 Å². The molecule has 0 saturated heterocycles. The van der Waals surface area contributed by atoms with Gasteiger partial charge in [-0.3, -0.25) is 9.59 Å². The maximum absolute atomic E-state index is 11.1. The summed E-state index contributed by atoms with van der Waals surface area (Å²) in [6.45, 7) is 4.48. The largest absolute Gasteiger partial charge is 0.480 e. The van der Waals surface area contributed by atoms with Gasteiger partial charge in [-0.15, -0.1) is 18.3 Å². The number of nitrogens with one attached hydrogen (secondary N) is 1. The van der Waals surface area contributed by atoms with Gasteiger partial charge in [-0.1, -0.05) is 82.1 Å². The molecular weight excluding hydrogens is 414 g/mol. The quantitative estimate of drug-likeness (QED) is 0.187. The number of carbonyl (C=O) groups is 2. The number of unbranched alkanes of at least 4 members (excludes halogenated alkanes) is 7. The Labute approximate surface area is 193 Å². The number of aliphatic carboxylic acids is 2. The van der Waals surface area contributed by atoms with E-state index in [0.29, 0.717) is 13.1 Å². The second kappa shape index (κ2) is 16.6. The van der Waals surface area contributed by atoms with Crippen LogP contribution in [-0.4, -0.2) is 28.7 Å². The van der Waals surface area contributed by atoms with E-state index < -0.39 is 17.4 Å². The van der Waals surface area contributed by atoms with E-state index in [1.807, 2.05) is 0 Å². The maximum Gasteiger partial charge on any atom is 0.321 e. The average molecular weight is 452 g/mol. The number of rotatable bonds is 15. The van der Waals surface area contributed by atoms with Crippen molar-refractivity contribution in [2.45, 2.75) is 84.6 Å². The predicted molar refractivity (Wildman–Crippen MR) is 127 cm³/mol. The minimum absolute atomic E-state index is 0. The van der Waals surface area contributed by atoms with E-state index in [2.05, 4.69) is 48.3 Å². The number of benzene rings is 1. The van der Waals surface area contributed by atoms with Crippen LogP contribution >= 0.6 is 12.4 Å². The van der Waals surface area contributed by atoms with E-state index in [0.717, 1.165) is 12.0 Å². The monoisotopic (exact) mass is 451 g/mol. The molecule has 0 atom stereocenters. The fourth-order valence-electron chi connectivity index (χ4n) is 3.10. The lowest BCUT2D eigenvalue weighted by Gasteiger charge is -2.15. The molecule has 1 rings (SSSR count). The van der Waals surface area contributed by atoms with E-state index in [4.69, 9.17) is 10.2 Å². The first kappa shape index (κ1) is 29.0. The fraction of sp³-hybridized carbons (Fsp3) is 0.600. The van der Waals surface area contributed by atoms with Crippen LogP contribution in [0.1, 0.15) is 82.8 Å². The molecule has 0 aliphatic heterocycles. The van der Waals surface area contributed by atoms with Gasteiger partial charge in [-0.2, -0.15) is 0 Å². The highest BCUT2D eigenvalue weighted by Gasteiger charge is 2.40. The van der Waals surface area contributed by atoms with Crippen LogP contribution in [0.5, 0.6) is 0 Å². The normalized spacial score (nSPS) is 10.6. The van der Waals surface area contributed by atoms with Gasteiger partial charge in [0.25, 0.3) is 0 Å². The van der Waals surface area contributed by atoms with Crippen molar-refractivity contribution in [2.24, 2.45) is 5.41 Å². The van der Waals surface area contributed by atoms with Crippen LogP contribution in [0, 0.1) is 17.3 Å². The third-order valence-corrected chi connectivity index (χ3v) is 5.40. The number of halogens is 1. The van der Waals surface area contributed by atoms with Gasteiger partial charge >= 0.3 is 11.9 Å². The van der Waals surface area contributed by atoms with Crippen molar-refractivity contribution >= 4 is 24.3 Å². The summed E-state index contributed by atoms with van der Waals surface area (Å²) in [5.74, 6) is 2.72. The summed E-state index contributed by atoms with van der Waals surface area (Å²) in [5, 5.41) is 21.2. The van der Waals surface area contributed by atoms with Gasteiger partial charge < -0.3 is 15.5 Å². The molecule has 31 heavy (non-hydrogen) atoms. The van der Waals surface area contributed by atoms with Gasteiger partial charge in [-0.05, 0) is 30.9 Å². The van der Waals surface area contributed by atoms with Crippen molar-refractivity contribution in [3.63, 3.8) is 0 Å². The lowest BCUT2D eigenvalue weighted by atomic mass is 9.87. The molecule has 0 fully saturated rings. The van der Waals surface area contributed by atoms with Crippen molar-refractivity contribution in [2.75, 3.05) is 6.54 Å². The average Bonchev–Trinajstić information content (AvgIpc) is 2.73. The summed E-state index contributed by atoms with van der Waals surface area (Å²) in [6.07, 6.45) is 11.6. The Kier molecular flexibility index (Phi) is 15.5. The van der Waals surface area contributed by atoms with Crippen molar-refractivity contribution in [1.82, 2.24) is 5.32 Å². The Balaban J connectivity index is 0.00000900. The highest BCUT2D eigenvalue weighted by molar-refractivity contribution is 5.98. The molecule has 5 nitrogen and oxygen atoms in total. The molecule has 6 heteroatoms. The molecule has 0 aliphatic carbocycles. The highest BCUT2D eigenvalue weighted by atomic mass is 35.5. The van der Waals surface area contributed by atoms with Gasteiger partial charge in [0.2, 0.25) is 0 Å². The van der Waals surface area contributed by atoms with Crippen molar-refractivity contribution in [3.05, 3.63) is 35.4 Å². The maximum atomic E-state index is 11.1. The van der Waals surface area contributed by atoms with Gasteiger partial charge in [0, 0.05) is 13.0 Å². The molecule has 0 aliphatic rings. The Morgan fingerprint density at radius 2 is 1.39 bits per heavy atom. The Morgan fingerprint density at radius 1 is 0.871 bits per heavy atom. The molecular formula is C25H38ClNO4. The van der Waals surface area contributed by atoms with Crippen molar-refractivity contribution < 1.29 is 19.8 Å². The van der Waals surface area contributed by atoms with E-state index in [1.165, 1.54) is 63.9 Å². The molecule has 3 N–H and O–H groups in total.